The minimum Gasteiger partial charge on any atom is -0.374 e. The van der Waals surface area contributed by atoms with E-state index in [1.165, 1.54) is 0 Å². The van der Waals surface area contributed by atoms with E-state index in [0.29, 0.717) is 0 Å². The molecule has 0 saturated heterocycles. The van der Waals surface area contributed by atoms with Gasteiger partial charge in [-0.3, -0.25) is 4.98 Å². The van der Waals surface area contributed by atoms with Gasteiger partial charge in [-0.15, -0.1) is 0 Å². The average Bonchev–Trinajstić information content (AvgIpc) is 2.30. The first kappa shape index (κ1) is 14.1. The van der Waals surface area contributed by atoms with Gasteiger partial charge in [0.25, 0.3) is 0 Å². The van der Waals surface area contributed by atoms with Crippen LogP contribution in [0.15, 0.2) is 18.3 Å². The first-order valence-corrected chi connectivity index (χ1v) is 7.68. The quantitative estimate of drug-likeness (QED) is 0.664. The van der Waals surface area contributed by atoms with Crippen molar-refractivity contribution in [1.82, 2.24) is 10.3 Å². The molecule has 1 rings (SSSR count). The van der Waals surface area contributed by atoms with E-state index in [2.05, 4.69) is 10.3 Å². The summed E-state index contributed by atoms with van der Waals surface area (Å²) in [4.78, 5) is 4.23. The maximum atomic E-state index is 6.00. The van der Waals surface area contributed by atoms with Crippen LogP contribution in [-0.4, -0.2) is 27.9 Å². The summed E-state index contributed by atoms with van der Waals surface area (Å²) in [6, 6.07) is 3.72. The van der Waals surface area contributed by atoms with E-state index in [9.17, 15) is 0 Å². The molecule has 1 heterocycles. The first-order valence-electron chi connectivity index (χ1n) is 4.75. The molecule has 0 aliphatic rings. The van der Waals surface area contributed by atoms with Crippen molar-refractivity contribution in [2.75, 3.05) is 18.6 Å². The summed E-state index contributed by atoms with van der Waals surface area (Å²) >= 11 is 14.5. The first-order chi connectivity index (χ1) is 7.74. The molecule has 0 bridgehead atoms. The van der Waals surface area contributed by atoms with Crippen molar-refractivity contribution in [3.63, 3.8) is 0 Å². The summed E-state index contributed by atoms with van der Waals surface area (Å²) in [6.07, 6.45) is 1.77. The fraction of sp³-hybridized carbons (Fsp3) is 0.400. The van der Waals surface area contributed by atoms with Crippen molar-refractivity contribution in [2.45, 2.75) is 5.75 Å². The second-order valence-electron chi connectivity index (χ2n) is 2.87. The van der Waals surface area contributed by atoms with Gasteiger partial charge in [-0.05, 0) is 12.1 Å². The Morgan fingerprint density at radius 1 is 1.56 bits per heavy atom. The predicted molar refractivity (Wildman–Crippen MR) is 79.5 cm³/mol. The molecule has 1 aromatic heterocycles. The Bertz CT molecular complexity index is 347. The number of halogens is 1. The number of nitrogens with one attached hydrogen (secondary N) is 1. The van der Waals surface area contributed by atoms with Crippen LogP contribution in [-0.2, 0) is 5.75 Å². The SMILES string of the molecule is CNC(=S)SCCSCc1ncccc1Cl. The molecule has 88 valence electrons. The molecule has 6 heteroatoms. The van der Waals surface area contributed by atoms with Gasteiger partial charge in [-0.1, -0.05) is 35.6 Å². The fourth-order valence-corrected chi connectivity index (χ4v) is 3.18. The third kappa shape index (κ3) is 5.39. The molecule has 0 fully saturated rings. The second kappa shape index (κ2) is 8.17. The van der Waals surface area contributed by atoms with E-state index in [4.69, 9.17) is 23.8 Å². The van der Waals surface area contributed by atoms with Crippen molar-refractivity contribution in [3.8, 4) is 0 Å². The monoisotopic (exact) mass is 292 g/mol. The summed E-state index contributed by atoms with van der Waals surface area (Å²) < 4.78 is 0.844. The summed E-state index contributed by atoms with van der Waals surface area (Å²) in [5.41, 5.74) is 0.954. The van der Waals surface area contributed by atoms with Crippen LogP contribution in [0.25, 0.3) is 0 Å². The molecule has 0 spiro atoms. The lowest BCUT2D eigenvalue weighted by molar-refractivity contribution is 1.17. The van der Waals surface area contributed by atoms with Crippen LogP contribution in [0.2, 0.25) is 5.02 Å². The third-order valence-corrected chi connectivity index (χ3v) is 4.74. The Balaban J connectivity index is 2.17. The molecule has 0 radical (unpaired) electrons. The minimum atomic E-state index is 0.744. The maximum Gasteiger partial charge on any atom is 0.133 e. The van der Waals surface area contributed by atoms with Gasteiger partial charge in [0.2, 0.25) is 0 Å². The van der Waals surface area contributed by atoms with Crippen molar-refractivity contribution in [2.24, 2.45) is 0 Å². The zero-order valence-corrected chi connectivity index (χ0v) is 12.1. The third-order valence-electron chi connectivity index (χ3n) is 1.74. The molecule has 1 aromatic rings. The maximum absolute atomic E-state index is 6.00. The molecule has 0 atom stereocenters. The van der Waals surface area contributed by atoms with Gasteiger partial charge in [0, 0.05) is 30.5 Å². The largest absolute Gasteiger partial charge is 0.374 e. The van der Waals surface area contributed by atoms with Crippen LogP contribution < -0.4 is 5.32 Å². The van der Waals surface area contributed by atoms with Crippen LogP contribution in [0, 0.1) is 0 Å². The molecule has 0 aromatic carbocycles. The topological polar surface area (TPSA) is 24.9 Å². The van der Waals surface area contributed by atoms with Crippen LogP contribution in [0.1, 0.15) is 5.69 Å². The van der Waals surface area contributed by atoms with E-state index < -0.39 is 0 Å². The number of thiocarbonyl (C=S) groups is 1. The van der Waals surface area contributed by atoms with Crippen molar-refractivity contribution in [3.05, 3.63) is 29.0 Å². The van der Waals surface area contributed by atoms with Crippen LogP contribution in [0.3, 0.4) is 0 Å². The van der Waals surface area contributed by atoms with Crippen molar-refractivity contribution < 1.29 is 0 Å². The van der Waals surface area contributed by atoms with Gasteiger partial charge < -0.3 is 5.32 Å². The van der Waals surface area contributed by atoms with Crippen LogP contribution >= 0.6 is 47.3 Å². The molecule has 0 aliphatic carbocycles. The lowest BCUT2D eigenvalue weighted by Gasteiger charge is -2.03. The molecule has 0 unspecified atom stereocenters. The highest BCUT2D eigenvalue weighted by molar-refractivity contribution is 8.23. The number of nitrogens with zero attached hydrogens (tertiary/aromatic N) is 1. The molecule has 0 saturated carbocycles. The van der Waals surface area contributed by atoms with Gasteiger partial charge >= 0.3 is 0 Å². The number of pyridine rings is 1. The number of thioether (sulfide) groups is 2. The van der Waals surface area contributed by atoms with Gasteiger partial charge in [0.05, 0.1) is 10.7 Å². The zero-order chi connectivity index (χ0) is 11.8. The molecule has 1 N–H and O–H groups in total. The van der Waals surface area contributed by atoms with Gasteiger partial charge in [-0.2, -0.15) is 11.8 Å². The van der Waals surface area contributed by atoms with E-state index in [1.807, 2.05) is 30.9 Å². The summed E-state index contributed by atoms with van der Waals surface area (Å²) in [5, 5.41) is 3.68. The Labute approximate surface area is 115 Å². The summed E-state index contributed by atoms with van der Waals surface area (Å²) in [5.74, 6) is 2.90. The van der Waals surface area contributed by atoms with E-state index >= 15 is 0 Å². The lowest BCUT2D eigenvalue weighted by atomic mass is 10.4. The highest BCUT2D eigenvalue weighted by atomic mass is 35.5. The Hall–Kier alpha value is 0.0300. The predicted octanol–water partition coefficient (Wildman–Crippen LogP) is 3.21. The molecule has 0 aliphatic heterocycles. The molecule has 16 heavy (non-hydrogen) atoms. The van der Waals surface area contributed by atoms with Gasteiger partial charge in [0.1, 0.15) is 4.32 Å². The van der Waals surface area contributed by atoms with Crippen molar-refractivity contribution in [1.29, 1.82) is 0 Å². The number of hydrogen-bond acceptors (Lipinski definition) is 4. The second-order valence-corrected chi connectivity index (χ2v) is 6.15. The van der Waals surface area contributed by atoms with E-state index in [1.54, 1.807) is 18.0 Å². The smallest absolute Gasteiger partial charge is 0.133 e. The number of aromatic nitrogens is 1. The van der Waals surface area contributed by atoms with Gasteiger partial charge in [0.15, 0.2) is 0 Å². The minimum absolute atomic E-state index is 0.744. The molecular weight excluding hydrogens is 280 g/mol. The Kier molecular flexibility index (Phi) is 7.20. The lowest BCUT2D eigenvalue weighted by Crippen LogP contribution is -2.11. The molecule has 0 amide bonds. The molecule has 2 nitrogen and oxygen atoms in total. The summed E-state index contributed by atoms with van der Waals surface area (Å²) in [7, 11) is 1.84. The van der Waals surface area contributed by atoms with Crippen LogP contribution in [0.5, 0.6) is 0 Å². The standard InChI is InChI=1S/C10H13ClN2S3/c1-12-10(14)16-6-5-15-7-9-8(11)3-2-4-13-9/h2-4H,5-7H2,1H3,(H,12,14). The van der Waals surface area contributed by atoms with E-state index in [-0.39, 0.29) is 0 Å². The number of hydrogen-bond donors (Lipinski definition) is 1. The Morgan fingerprint density at radius 2 is 2.38 bits per heavy atom. The highest BCUT2D eigenvalue weighted by Crippen LogP contribution is 2.19. The van der Waals surface area contributed by atoms with Crippen LogP contribution in [0.4, 0.5) is 0 Å². The zero-order valence-electron chi connectivity index (χ0n) is 8.90. The highest BCUT2D eigenvalue weighted by Gasteiger charge is 2.01. The number of rotatable bonds is 5. The molecular formula is C10H13ClN2S3. The van der Waals surface area contributed by atoms with Gasteiger partial charge in [-0.25, -0.2) is 0 Å². The fourth-order valence-electron chi connectivity index (χ4n) is 0.959. The Morgan fingerprint density at radius 3 is 3.06 bits per heavy atom. The van der Waals surface area contributed by atoms with Crippen molar-refractivity contribution >= 4 is 51.7 Å². The summed E-state index contributed by atoms with van der Waals surface area (Å²) in [6.45, 7) is 0. The normalized spacial score (nSPS) is 10.1. The van der Waals surface area contributed by atoms with E-state index in [0.717, 1.165) is 32.3 Å². The average molecular weight is 293 g/mol.